The van der Waals surface area contributed by atoms with Crippen molar-refractivity contribution in [3.05, 3.63) is 28.9 Å². The number of carbonyl (C=O) groups is 2. The predicted molar refractivity (Wildman–Crippen MR) is 103 cm³/mol. The first-order valence-electron chi connectivity index (χ1n) is 9.32. The van der Waals surface area contributed by atoms with Gasteiger partial charge in [0.1, 0.15) is 10.8 Å². The van der Waals surface area contributed by atoms with E-state index >= 15 is 0 Å². The summed E-state index contributed by atoms with van der Waals surface area (Å²) in [7, 11) is 0. The Bertz CT molecular complexity index is 829. The van der Waals surface area contributed by atoms with Crippen LogP contribution in [0.4, 0.5) is 10.9 Å². The maximum atomic E-state index is 12.2. The van der Waals surface area contributed by atoms with Crippen molar-refractivity contribution in [3.8, 4) is 0 Å². The fourth-order valence-corrected chi connectivity index (χ4v) is 4.06. The van der Waals surface area contributed by atoms with Crippen LogP contribution in [0.2, 0.25) is 0 Å². The molecule has 2 aromatic heterocycles. The van der Waals surface area contributed by atoms with Crippen LogP contribution in [0.3, 0.4) is 0 Å². The van der Waals surface area contributed by atoms with Gasteiger partial charge in [0.25, 0.3) is 0 Å². The lowest BCUT2D eigenvalue weighted by Gasteiger charge is -2.29. The van der Waals surface area contributed by atoms with Gasteiger partial charge in [-0.3, -0.25) is 14.9 Å². The highest BCUT2D eigenvalue weighted by Crippen LogP contribution is 2.42. The summed E-state index contributed by atoms with van der Waals surface area (Å²) >= 11 is 1.33. The third-order valence-electron chi connectivity index (χ3n) is 4.76. The number of amides is 2. The molecule has 0 aromatic carbocycles. The minimum absolute atomic E-state index is 0.259. The van der Waals surface area contributed by atoms with Gasteiger partial charge in [0.05, 0.1) is 0 Å². The molecule has 142 valence electrons. The van der Waals surface area contributed by atoms with Crippen molar-refractivity contribution in [1.29, 1.82) is 0 Å². The van der Waals surface area contributed by atoms with Gasteiger partial charge in [-0.25, -0.2) is 4.98 Å². The zero-order valence-corrected chi connectivity index (χ0v) is 15.8. The number of nitrogens with zero attached hydrogens (tertiary/aromatic N) is 4. The van der Waals surface area contributed by atoms with Gasteiger partial charge in [-0.05, 0) is 38.2 Å². The lowest BCUT2D eigenvalue weighted by atomic mass is 10.1. The highest BCUT2D eigenvalue weighted by molar-refractivity contribution is 7.15. The number of nitrogens with one attached hydrogen (secondary N) is 2. The molecule has 2 fully saturated rings. The topological polar surface area (TPSA) is 100 Å². The monoisotopic (exact) mass is 386 g/mol. The molecule has 1 aliphatic carbocycles. The average molecular weight is 386 g/mol. The van der Waals surface area contributed by atoms with Gasteiger partial charge in [-0.1, -0.05) is 17.4 Å². The Morgan fingerprint density at radius 2 is 1.96 bits per heavy atom. The van der Waals surface area contributed by atoms with E-state index in [0.717, 1.165) is 55.2 Å². The van der Waals surface area contributed by atoms with Crippen LogP contribution in [0.15, 0.2) is 18.3 Å². The van der Waals surface area contributed by atoms with Crippen LogP contribution in [-0.4, -0.2) is 40.1 Å². The summed E-state index contributed by atoms with van der Waals surface area (Å²) in [6.45, 7) is 2.20. The average Bonchev–Trinajstić information content (AvgIpc) is 3.46. The smallest absolute Gasteiger partial charge is 0.315 e. The van der Waals surface area contributed by atoms with Crippen LogP contribution >= 0.6 is 11.3 Å². The van der Waals surface area contributed by atoms with E-state index in [1.807, 2.05) is 12.1 Å². The molecule has 3 heterocycles. The molecule has 1 saturated heterocycles. The summed E-state index contributed by atoms with van der Waals surface area (Å²) in [5, 5.41) is 14.5. The Balaban J connectivity index is 1.33. The summed E-state index contributed by atoms with van der Waals surface area (Å²) in [6, 6.07) is 3.78. The SMILES string of the molecule is O=C(NCc1cccnc1N1CCCCC1)C(=O)Nc1nnc(C2CC2)s1. The molecule has 2 aromatic rings. The molecule has 0 unspecified atom stereocenters. The number of hydrogen-bond donors (Lipinski definition) is 2. The molecule has 0 spiro atoms. The number of anilines is 2. The number of pyridine rings is 1. The second kappa shape index (κ2) is 7.99. The molecule has 1 aliphatic heterocycles. The van der Waals surface area contributed by atoms with Gasteiger partial charge >= 0.3 is 11.8 Å². The predicted octanol–water partition coefficient (Wildman–Crippen LogP) is 2.06. The summed E-state index contributed by atoms with van der Waals surface area (Å²) in [5.41, 5.74) is 0.910. The molecule has 0 bridgehead atoms. The molecular formula is C18H22N6O2S. The molecule has 4 rings (SSSR count). The van der Waals surface area contributed by atoms with E-state index in [1.54, 1.807) is 6.20 Å². The van der Waals surface area contributed by atoms with Crippen molar-refractivity contribution in [2.24, 2.45) is 0 Å². The quantitative estimate of drug-likeness (QED) is 0.763. The van der Waals surface area contributed by atoms with Gasteiger partial charge in [0.2, 0.25) is 5.13 Å². The number of hydrogen-bond acceptors (Lipinski definition) is 7. The molecule has 2 amide bonds. The van der Waals surface area contributed by atoms with Crippen molar-refractivity contribution in [3.63, 3.8) is 0 Å². The van der Waals surface area contributed by atoms with Crippen molar-refractivity contribution >= 4 is 34.1 Å². The van der Waals surface area contributed by atoms with Crippen LogP contribution in [0.1, 0.15) is 48.6 Å². The molecule has 2 N–H and O–H groups in total. The fraction of sp³-hybridized carbons (Fsp3) is 0.500. The van der Waals surface area contributed by atoms with E-state index in [2.05, 4.69) is 30.7 Å². The Hall–Kier alpha value is -2.55. The first-order chi connectivity index (χ1) is 13.2. The first kappa shape index (κ1) is 17.8. The number of piperidine rings is 1. The van der Waals surface area contributed by atoms with Crippen LogP contribution in [0.5, 0.6) is 0 Å². The molecule has 9 heteroatoms. The number of aromatic nitrogens is 3. The van der Waals surface area contributed by atoms with E-state index in [-0.39, 0.29) is 6.54 Å². The minimum Gasteiger partial charge on any atom is -0.356 e. The van der Waals surface area contributed by atoms with E-state index in [1.165, 1.54) is 17.8 Å². The summed E-state index contributed by atoms with van der Waals surface area (Å²) < 4.78 is 0. The molecule has 27 heavy (non-hydrogen) atoms. The molecule has 0 atom stereocenters. The van der Waals surface area contributed by atoms with Crippen LogP contribution in [0, 0.1) is 0 Å². The Labute approximate surface area is 161 Å². The van der Waals surface area contributed by atoms with E-state index in [9.17, 15) is 9.59 Å². The second-order valence-corrected chi connectivity index (χ2v) is 7.90. The van der Waals surface area contributed by atoms with Gasteiger partial charge in [0.15, 0.2) is 0 Å². The van der Waals surface area contributed by atoms with E-state index in [4.69, 9.17) is 0 Å². The van der Waals surface area contributed by atoms with Crippen molar-refractivity contribution in [2.45, 2.75) is 44.6 Å². The van der Waals surface area contributed by atoms with Crippen molar-refractivity contribution in [1.82, 2.24) is 20.5 Å². The first-order valence-corrected chi connectivity index (χ1v) is 10.1. The van der Waals surface area contributed by atoms with Crippen LogP contribution in [0.25, 0.3) is 0 Å². The minimum atomic E-state index is -0.725. The van der Waals surface area contributed by atoms with Crippen LogP contribution in [-0.2, 0) is 16.1 Å². The third-order valence-corrected chi connectivity index (χ3v) is 5.76. The molecule has 8 nitrogen and oxygen atoms in total. The van der Waals surface area contributed by atoms with E-state index < -0.39 is 11.8 Å². The van der Waals surface area contributed by atoms with Gasteiger partial charge in [0, 0.05) is 37.3 Å². The lowest BCUT2D eigenvalue weighted by molar-refractivity contribution is -0.136. The highest BCUT2D eigenvalue weighted by atomic mass is 32.1. The zero-order chi connectivity index (χ0) is 18.6. The third kappa shape index (κ3) is 4.41. The maximum absolute atomic E-state index is 12.2. The standard InChI is InChI=1S/C18H22N6O2S/c25-15(16(26)21-18-23-22-17(27-18)12-6-7-12)20-11-13-5-4-8-19-14(13)24-9-2-1-3-10-24/h4-5,8,12H,1-3,6-7,9-11H2,(H,20,25)(H,21,23,26). The Kier molecular flexibility index (Phi) is 5.28. The molecule has 1 saturated carbocycles. The summed E-state index contributed by atoms with van der Waals surface area (Å²) in [4.78, 5) is 31.0. The number of carbonyl (C=O) groups excluding carboxylic acids is 2. The summed E-state index contributed by atoms with van der Waals surface area (Å²) in [6.07, 6.45) is 7.53. The summed E-state index contributed by atoms with van der Waals surface area (Å²) in [5.74, 6) is -0.0552. The Morgan fingerprint density at radius 3 is 2.74 bits per heavy atom. The van der Waals surface area contributed by atoms with E-state index in [0.29, 0.717) is 11.0 Å². The normalized spacial score (nSPS) is 16.8. The fourth-order valence-electron chi connectivity index (χ4n) is 3.15. The zero-order valence-electron chi connectivity index (χ0n) is 15.0. The highest BCUT2D eigenvalue weighted by Gasteiger charge is 2.28. The second-order valence-electron chi connectivity index (χ2n) is 6.89. The Morgan fingerprint density at radius 1 is 1.15 bits per heavy atom. The molecular weight excluding hydrogens is 364 g/mol. The van der Waals surface area contributed by atoms with Gasteiger partial charge < -0.3 is 10.2 Å². The van der Waals surface area contributed by atoms with Gasteiger partial charge in [-0.15, -0.1) is 10.2 Å². The van der Waals surface area contributed by atoms with Crippen molar-refractivity contribution in [2.75, 3.05) is 23.3 Å². The van der Waals surface area contributed by atoms with Crippen molar-refractivity contribution < 1.29 is 9.59 Å². The van der Waals surface area contributed by atoms with Gasteiger partial charge in [-0.2, -0.15) is 0 Å². The maximum Gasteiger partial charge on any atom is 0.315 e. The van der Waals surface area contributed by atoms with Crippen LogP contribution < -0.4 is 15.5 Å². The molecule has 2 aliphatic rings. The largest absolute Gasteiger partial charge is 0.356 e. The molecule has 0 radical (unpaired) electrons. The number of rotatable bonds is 5. The lowest BCUT2D eigenvalue weighted by Crippen LogP contribution is -2.36.